The standard InChI is InChI=1S/C18H17F4NO3S/c19-17(20)26-12-8-9-13-11(10-12)4-3-6-14(13)23-15-5-1-2-7-16(15)27(24,25)18(21)22/h1-2,5,7-10,14,17-18,23H,3-4,6H2. The van der Waals surface area contributed by atoms with E-state index in [2.05, 4.69) is 10.1 Å². The van der Waals surface area contributed by atoms with E-state index in [0.717, 1.165) is 23.6 Å². The molecule has 1 atom stereocenters. The number of para-hydroxylation sites is 1. The van der Waals surface area contributed by atoms with Crippen molar-refractivity contribution in [1.29, 1.82) is 0 Å². The van der Waals surface area contributed by atoms with Crippen molar-refractivity contribution in [1.82, 2.24) is 0 Å². The lowest BCUT2D eigenvalue weighted by Gasteiger charge is -2.28. The number of fused-ring (bicyclic) bond motifs is 1. The average molecular weight is 403 g/mol. The van der Waals surface area contributed by atoms with Gasteiger partial charge in [-0.25, -0.2) is 8.42 Å². The quantitative estimate of drug-likeness (QED) is 0.706. The topological polar surface area (TPSA) is 55.4 Å². The van der Waals surface area contributed by atoms with Crippen LogP contribution >= 0.6 is 0 Å². The average Bonchev–Trinajstić information content (AvgIpc) is 2.61. The van der Waals surface area contributed by atoms with Crippen LogP contribution in [0.15, 0.2) is 47.4 Å². The Hall–Kier alpha value is -2.29. The molecule has 2 aromatic rings. The molecule has 0 spiro atoms. The maximum absolute atomic E-state index is 13.0. The number of rotatable bonds is 6. The molecular formula is C18H17F4NO3S. The van der Waals surface area contributed by atoms with E-state index >= 15 is 0 Å². The van der Waals surface area contributed by atoms with Gasteiger partial charge in [0.15, 0.2) is 0 Å². The summed E-state index contributed by atoms with van der Waals surface area (Å²) in [7, 11) is -4.76. The van der Waals surface area contributed by atoms with Crippen LogP contribution in [0.25, 0.3) is 0 Å². The number of benzene rings is 2. The molecule has 3 rings (SSSR count). The third-order valence-corrected chi connectivity index (χ3v) is 5.85. The van der Waals surface area contributed by atoms with Crippen LogP contribution in [-0.4, -0.2) is 20.8 Å². The third kappa shape index (κ3) is 4.18. The number of aryl methyl sites for hydroxylation is 1. The van der Waals surface area contributed by atoms with Crippen molar-refractivity contribution >= 4 is 15.5 Å². The van der Waals surface area contributed by atoms with Crippen molar-refractivity contribution in [3.63, 3.8) is 0 Å². The third-order valence-electron chi connectivity index (χ3n) is 4.41. The van der Waals surface area contributed by atoms with Crippen molar-refractivity contribution in [2.45, 2.75) is 42.6 Å². The highest BCUT2D eigenvalue weighted by molar-refractivity contribution is 7.91. The van der Waals surface area contributed by atoms with Crippen molar-refractivity contribution in [2.24, 2.45) is 0 Å². The van der Waals surface area contributed by atoms with Gasteiger partial charge in [-0.05, 0) is 54.7 Å². The van der Waals surface area contributed by atoms with E-state index in [4.69, 9.17) is 0 Å². The summed E-state index contributed by atoms with van der Waals surface area (Å²) in [5.74, 6) is -3.47. The lowest BCUT2D eigenvalue weighted by molar-refractivity contribution is -0.0499. The largest absolute Gasteiger partial charge is 0.435 e. The summed E-state index contributed by atoms with van der Waals surface area (Å²) < 4.78 is 78.9. The van der Waals surface area contributed by atoms with Crippen LogP contribution < -0.4 is 10.1 Å². The van der Waals surface area contributed by atoms with Crippen LogP contribution in [0.5, 0.6) is 5.75 Å². The second-order valence-electron chi connectivity index (χ2n) is 6.13. The van der Waals surface area contributed by atoms with Gasteiger partial charge in [-0.3, -0.25) is 0 Å². The minimum Gasteiger partial charge on any atom is -0.435 e. The molecule has 9 heteroatoms. The molecule has 146 valence electrons. The fourth-order valence-corrected chi connectivity index (χ4v) is 4.13. The number of nitrogens with one attached hydrogen (secondary N) is 1. The first-order chi connectivity index (χ1) is 12.8. The van der Waals surface area contributed by atoms with Gasteiger partial charge >= 0.3 is 12.4 Å². The van der Waals surface area contributed by atoms with Crippen LogP contribution in [-0.2, 0) is 16.3 Å². The molecule has 0 amide bonds. The maximum atomic E-state index is 13.0. The highest BCUT2D eigenvalue weighted by Gasteiger charge is 2.30. The molecule has 27 heavy (non-hydrogen) atoms. The zero-order valence-corrected chi connectivity index (χ0v) is 14.9. The van der Waals surface area contributed by atoms with E-state index in [9.17, 15) is 26.0 Å². The van der Waals surface area contributed by atoms with E-state index in [-0.39, 0.29) is 17.5 Å². The van der Waals surface area contributed by atoms with Gasteiger partial charge < -0.3 is 10.1 Å². The molecular weight excluding hydrogens is 386 g/mol. The normalized spacial score (nSPS) is 17.0. The molecule has 0 saturated carbocycles. The van der Waals surface area contributed by atoms with Gasteiger partial charge in [0, 0.05) is 0 Å². The minimum atomic E-state index is -4.76. The molecule has 0 fully saturated rings. The van der Waals surface area contributed by atoms with Crippen molar-refractivity contribution in [2.75, 3.05) is 5.32 Å². The number of hydrogen-bond acceptors (Lipinski definition) is 4. The Morgan fingerprint density at radius 1 is 1.07 bits per heavy atom. The second-order valence-corrected chi connectivity index (χ2v) is 8.02. The number of alkyl halides is 4. The molecule has 4 nitrogen and oxygen atoms in total. The highest BCUT2D eigenvalue weighted by atomic mass is 32.2. The van der Waals surface area contributed by atoms with Crippen LogP contribution in [0.4, 0.5) is 23.2 Å². The molecule has 0 aromatic heterocycles. The van der Waals surface area contributed by atoms with Gasteiger partial charge in [-0.1, -0.05) is 18.2 Å². The van der Waals surface area contributed by atoms with E-state index < -0.39 is 27.1 Å². The molecule has 0 radical (unpaired) electrons. The molecule has 0 aliphatic heterocycles. The Morgan fingerprint density at radius 3 is 2.52 bits per heavy atom. The van der Waals surface area contributed by atoms with Gasteiger partial charge in [0.05, 0.1) is 16.6 Å². The monoisotopic (exact) mass is 403 g/mol. The Morgan fingerprint density at radius 2 is 1.81 bits per heavy atom. The number of ether oxygens (including phenoxy) is 1. The van der Waals surface area contributed by atoms with Crippen molar-refractivity contribution in [3.8, 4) is 5.75 Å². The van der Waals surface area contributed by atoms with E-state index in [1.807, 2.05) is 0 Å². The Bertz CT molecular complexity index is 919. The summed E-state index contributed by atoms with van der Waals surface area (Å²) >= 11 is 0. The number of halogens is 4. The maximum Gasteiger partial charge on any atom is 0.387 e. The second kappa shape index (κ2) is 7.75. The van der Waals surface area contributed by atoms with Gasteiger partial charge in [-0.15, -0.1) is 0 Å². The van der Waals surface area contributed by atoms with Gasteiger partial charge in [-0.2, -0.15) is 17.6 Å². The summed E-state index contributed by atoms with van der Waals surface area (Å²) in [6.45, 7) is -2.92. The molecule has 1 unspecified atom stereocenters. The first kappa shape index (κ1) is 19.5. The lowest BCUT2D eigenvalue weighted by Crippen LogP contribution is -2.20. The summed E-state index contributed by atoms with van der Waals surface area (Å²) in [5, 5.41) is 3.03. The Kier molecular flexibility index (Phi) is 5.59. The van der Waals surface area contributed by atoms with Crippen molar-refractivity contribution < 1.29 is 30.7 Å². The Balaban J connectivity index is 1.91. The summed E-state index contributed by atoms with van der Waals surface area (Å²) in [5.41, 5.74) is 1.68. The molecule has 1 aliphatic carbocycles. The lowest BCUT2D eigenvalue weighted by atomic mass is 9.87. The Labute approximate surface area is 154 Å². The van der Waals surface area contributed by atoms with E-state index in [1.165, 1.54) is 24.3 Å². The fourth-order valence-electron chi connectivity index (χ4n) is 3.23. The first-order valence-corrected chi connectivity index (χ1v) is 9.79. The van der Waals surface area contributed by atoms with Crippen molar-refractivity contribution in [3.05, 3.63) is 53.6 Å². The van der Waals surface area contributed by atoms with E-state index in [1.54, 1.807) is 12.1 Å². The summed E-state index contributed by atoms with van der Waals surface area (Å²) in [6, 6.07) is 9.73. The summed E-state index contributed by atoms with van der Waals surface area (Å²) in [4.78, 5) is -0.468. The van der Waals surface area contributed by atoms with Gasteiger partial charge in [0.1, 0.15) is 5.75 Å². The van der Waals surface area contributed by atoms with Gasteiger partial charge in [0.25, 0.3) is 0 Å². The predicted octanol–water partition coefficient (Wildman–Crippen LogP) is 4.77. The minimum absolute atomic E-state index is 0.0464. The molecule has 1 N–H and O–H groups in total. The SMILES string of the molecule is O=S(=O)(c1ccccc1NC1CCCc2cc(OC(F)F)ccc21)C(F)F. The highest BCUT2D eigenvalue weighted by Crippen LogP contribution is 2.36. The number of hydrogen-bond donors (Lipinski definition) is 1. The summed E-state index contributed by atoms with van der Waals surface area (Å²) in [6.07, 6.45) is 2.03. The zero-order valence-electron chi connectivity index (χ0n) is 14.0. The van der Waals surface area contributed by atoms with Crippen LogP contribution in [0.1, 0.15) is 30.0 Å². The fraction of sp³-hybridized carbons (Fsp3) is 0.333. The zero-order chi connectivity index (χ0) is 19.6. The van der Waals surface area contributed by atoms with Crippen LogP contribution in [0.2, 0.25) is 0 Å². The first-order valence-electron chi connectivity index (χ1n) is 8.24. The van der Waals surface area contributed by atoms with E-state index in [0.29, 0.717) is 12.8 Å². The van der Waals surface area contributed by atoms with Crippen LogP contribution in [0, 0.1) is 0 Å². The molecule has 0 saturated heterocycles. The van der Waals surface area contributed by atoms with Crippen LogP contribution in [0.3, 0.4) is 0 Å². The molecule has 0 heterocycles. The molecule has 0 bridgehead atoms. The number of anilines is 1. The van der Waals surface area contributed by atoms with Gasteiger partial charge in [0.2, 0.25) is 9.84 Å². The predicted molar refractivity (Wildman–Crippen MR) is 92.0 cm³/mol. The smallest absolute Gasteiger partial charge is 0.387 e. The number of sulfone groups is 1. The molecule has 1 aliphatic rings. The molecule has 2 aromatic carbocycles.